The van der Waals surface area contributed by atoms with E-state index >= 15 is 0 Å². The Kier molecular flexibility index (Phi) is 4.75. The predicted molar refractivity (Wildman–Crippen MR) is 73.2 cm³/mol. The molecule has 1 fully saturated rings. The van der Waals surface area contributed by atoms with Crippen LogP contribution < -0.4 is 11.1 Å². The highest BCUT2D eigenvalue weighted by Gasteiger charge is 2.32. The molecule has 1 saturated heterocycles. The number of ether oxygens (including phenoxy) is 1. The fourth-order valence-electron chi connectivity index (χ4n) is 2.34. The highest BCUT2D eigenvalue weighted by atomic mass is 16.5. The van der Waals surface area contributed by atoms with Crippen LogP contribution in [0.2, 0.25) is 0 Å². The minimum absolute atomic E-state index is 0.170. The van der Waals surface area contributed by atoms with Crippen molar-refractivity contribution in [2.24, 2.45) is 5.73 Å². The Morgan fingerprint density at radius 3 is 3.05 bits per heavy atom. The molecular formula is C13H20N4O3. The molecule has 2 heterocycles. The summed E-state index contributed by atoms with van der Waals surface area (Å²) in [6.07, 6.45) is 1.83. The molecule has 1 unspecified atom stereocenters. The van der Waals surface area contributed by atoms with Crippen LogP contribution in [0.4, 0.5) is 0 Å². The number of hydrogen-bond acceptors (Lipinski definition) is 4. The molecule has 1 atom stereocenters. The molecule has 1 aromatic heterocycles. The molecule has 0 bridgehead atoms. The van der Waals surface area contributed by atoms with Crippen LogP contribution in [-0.4, -0.2) is 60.7 Å². The lowest BCUT2D eigenvalue weighted by atomic mass is 10.1. The number of piperazine rings is 1. The molecule has 7 nitrogen and oxygen atoms in total. The molecule has 20 heavy (non-hydrogen) atoms. The lowest BCUT2D eigenvalue weighted by molar-refractivity contribution is -0.122. The largest absolute Gasteiger partial charge is 0.383 e. The first-order valence-electron chi connectivity index (χ1n) is 6.60. The third kappa shape index (κ3) is 3.00. The van der Waals surface area contributed by atoms with Gasteiger partial charge in [-0.2, -0.15) is 0 Å². The number of nitrogens with two attached hydrogens (primary N) is 1. The molecular weight excluding hydrogens is 260 g/mol. The highest BCUT2D eigenvalue weighted by molar-refractivity contribution is 5.96. The molecule has 110 valence electrons. The van der Waals surface area contributed by atoms with Gasteiger partial charge in [0.25, 0.3) is 5.91 Å². The Bertz CT molecular complexity index is 486. The van der Waals surface area contributed by atoms with Crippen molar-refractivity contribution in [3.63, 3.8) is 0 Å². The van der Waals surface area contributed by atoms with E-state index in [1.807, 2.05) is 16.8 Å². The molecule has 2 rings (SSSR count). The van der Waals surface area contributed by atoms with Crippen molar-refractivity contribution in [3.8, 4) is 0 Å². The average Bonchev–Trinajstić information content (AvgIpc) is 2.92. The number of rotatable bonds is 5. The zero-order chi connectivity index (χ0) is 14.5. The zero-order valence-corrected chi connectivity index (χ0v) is 11.5. The Balaban J connectivity index is 2.17. The molecule has 0 saturated carbocycles. The van der Waals surface area contributed by atoms with E-state index in [0.29, 0.717) is 38.5 Å². The van der Waals surface area contributed by atoms with Gasteiger partial charge in [0.1, 0.15) is 11.7 Å². The smallest absolute Gasteiger partial charge is 0.271 e. The van der Waals surface area contributed by atoms with E-state index < -0.39 is 11.9 Å². The van der Waals surface area contributed by atoms with Gasteiger partial charge in [-0.3, -0.25) is 9.59 Å². The van der Waals surface area contributed by atoms with Crippen molar-refractivity contribution < 1.29 is 14.3 Å². The Morgan fingerprint density at radius 2 is 2.35 bits per heavy atom. The van der Waals surface area contributed by atoms with Crippen LogP contribution in [0, 0.1) is 0 Å². The number of nitrogens with one attached hydrogen (secondary N) is 1. The first-order valence-corrected chi connectivity index (χ1v) is 6.60. The van der Waals surface area contributed by atoms with Gasteiger partial charge in [0.2, 0.25) is 5.91 Å². The number of aromatic nitrogens is 1. The van der Waals surface area contributed by atoms with E-state index in [2.05, 4.69) is 5.32 Å². The van der Waals surface area contributed by atoms with Gasteiger partial charge in [-0.1, -0.05) is 0 Å². The summed E-state index contributed by atoms with van der Waals surface area (Å²) in [6.45, 7) is 2.66. The van der Waals surface area contributed by atoms with Gasteiger partial charge in [-0.25, -0.2) is 0 Å². The van der Waals surface area contributed by atoms with E-state index in [-0.39, 0.29) is 5.91 Å². The zero-order valence-electron chi connectivity index (χ0n) is 11.5. The normalized spacial score (nSPS) is 19.1. The fraction of sp³-hybridized carbons (Fsp3) is 0.538. The van der Waals surface area contributed by atoms with Crippen LogP contribution in [-0.2, 0) is 16.1 Å². The van der Waals surface area contributed by atoms with Crippen LogP contribution in [0.1, 0.15) is 10.5 Å². The number of hydrogen-bond donors (Lipinski definition) is 2. The second-order valence-corrected chi connectivity index (χ2v) is 4.70. The summed E-state index contributed by atoms with van der Waals surface area (Å²) in [4.78, 5) is 25.6. The van der Waals surface area contributed by atoms with E-state index in [0.717, 1.165) is 0 Å². The maximum absolute atomic E-state index is 12.6. The van der Waals surface area contributed by atoms with Gasteiger partial charge in [-0.05, 0) is 12.1 Å². The van der Waals surface area contributed by atoms with E-state index in [4.69, 9.17) is 10.5 Å². The molecule has 0 spiro atoms. The van der Waals surface area contributed by atoms with Crippen LogP contribution in [0.3, 0.4) is 0 Å². The average molecular weight is 280 g/mol. The molecule has 1 aliphatic rings. The monoisotopic (exact) mass is 280 g/mol. The maximum Gasteiger partial charge on any atom is 0.271 e. The van der Waals surface area contributed by atoms with Gasteiger partial charge in [0, 0.05) is 39.5 Å². The van der Waals surface area contributed by atoms with Crippen molar-refractivity contribution >= 4 is 11.8 Å². The minimum atomic E-state index is -0.595. The molecule has 0 aliphatic carbocycles. The van der Waals surface area contributed by atoms with Gasteiger partial charge in [0.05, 0.1) is 6.61 Å². The number of nitrogens with zero attached hydrogens (tertiary/aromatic N) is 2. The van der Waals surface area contributed by atoms with E-state index in [1.165, 1.54) is 4.90 Å². The molecule has 2 amide bonds. The number of carbonyl (C=O) groups is 2. The van der Waals surface area contributed by atoms with Crippen molar-refractivity contribution in [3.05, 3.63) is 24.0 Å². The first-order chi connectivity index (χ1) is 9.65. The predicted octanol–water partition coefficient (Wildman–Crippen LogP) is -0.966. The summed E-state index contributed by atoms with van der Waals surface area (Å²) in [5, 5.41) is 3.07. The van der Waals surface area contributed by atoms with Crippen LogP contribution in [0.25, 0.3) is 0 Å². The van der Waals surface area contributed by atoms with Gasteiger partial charge < -0.3 is 25.3 Å². The third-order valence-electron chi connectivity index (χ3n) is 3.42. The SMILES string of the molecule is COCCn1cccc1C(=O)N1CCNCC1C(N)=O. The summed E-state index contributed by atoms with van der Waals surface area (Å²) < 4.78 is 6.85. The summed E-state index contributed by atoms with van der Waals surface area (Å²) in [5.41, 5.74) is 5.92. The Morgan fingerprint density at radius 1 is 1.55 bits per heavy atom. The number of methoxy groups -OCH3 is 1. The molecule has 0 radical (unpaired) electrons. The van der Waals surface area contributed by atoms with Gasteiger partial charge in [-0.15, -0.1) is 0 Å². The molecule has 1 aliphatic heterocycles. The molecule has 0 aromatic carbocycles. The fourth-order valence-corrected chi connectivity index (χ4v) is 2.34. The van der Waals surface area contributed by atoms with E-state index in [1.54, 1.807) is 13.2 Å². The Hall–Kier alpha value is -1.86. The quantitative estimate of drug-likeness (QED) is 0.726. The van der Waals surface area contributed by atoms with Gasteiger partial charge in [0.15, 0.2) is 0 Å². The van der Waals surface area contributed by atoms with Crippen molar-refractivity contribution in [1.82, 2.24) is 14.8 Å². The minimum Gasteiger partial charge on any atom is -0.383 e. The van der Waals surface area contributed by atoms with Crippen molar-refractivity contribution in [2.45, 2.75) is 12.6 Å². The Labute approximate surface area is 117 Å². The first kappa shape index (κ1) is 14.5. The van der Waals surface area contributed by atoms with Gasteiger partial charge >= 0.3 is 0 Å². The second-order valence-electron chi connectivity index (χ2n) is 4.70. The maximum atomic E-state index is 12.6. The van der Waals surface area contributed by atoms with Crippen LogP contribution in [0.15, 0.2) is 18.3 Å². The third-order valence-corrected chi connectivity index (χ3v) is 3.42. The lowest BCUT2D eigenvalue weighted by Crippen LogP contribution is -2.58. The summed E-state index contributed by atoms with van der Waals surface area (Å²) >= 11 is 0. The number of amides is 2. The van der Waals surface area contributed by atoms with Crippen LogP contribution >= 0.6 is 0 Å². The topological polar surface area (TPSA) is 89.6 Å². The van der Waals surface area contributed by atoms with Crippen molar-refractivity contribution in [1.29, 1.82) is 0 Å². The number of carbonyl (C=O) groups excluding carboxylic acids is 2. The van der Waals surface area contributed by atoms with Crippen LogP contribution in [0.5, 0.6) is 0 Å². The molecule has 3 N–H and O–H groups in total. The second kappa shape index (κ2) is 6.53. The highest BCUT2D eigenvalue weighted by Crippen LogP contribution is 2.12. The molecule has 7 heteroatoms. The number of primary amides is 1. The standard InChI is InChI=1S/C13H20N4O3/c1-20-8-7-16-5-2-3-10(16)13(19)17-6-4-15-9-11(17)12(14)18/h2-3,5,11,15H,4,6-9H2,1H3,(H2,14,18). The van der Waals surface area contributed by atoms with E-state index in [9.17, 15) is 9.59 Å². The summed E-state index contributed by atoms with van der Waals surface area (Å²) in [7, 11) is 1.62. The van der Waals surface area contributed by atoms with Crippen molar-refractivity contribution in [2.75, 3.05) is 33.4 Å². The molecule has 1 aromatic rings. The summed E-state index contributed by atoms with van der Waals surface area (Å²) in [6, 6.07) is 2.96. The summed E-state index contributed by atoms with van der Waals surface area (Å²) in [5.74, 6) is -0.656. The lowest BCUT2D eigenvalue weighted by Gasteiger charge is -2.34.